The summed E-state index contributed by atoms with van der Waals surface area (Å²) in [6.45, 7) is 2.90. The summed E-state index contributed by atoms with van der Waals surface area (Å²) in [7, 11) is 0. The molecule has 0 aliphatic rings. The van der Waals surface area contributed by atoms with E-state index in [0.29, 0.717) is 0 Å². The molecule has 66 valence electrons. The minimum Gasteiger partial charge on any atom is -0.464 e. The monoisotopic (exact) mass is 171 g/mol. The number of ketones is 1. The van der Waals surface area contributed by atoms with Gasteiger partial charge in [0, 0.05) is 0 Å². The smallest absolute Gasteiger partial charge is 0.339 e. The maximum absolute atomic E-state index is 10.9. The standard InChI is InChI=1S/C7H9NO4/c1-3-12-7(11)6(5(2)10)8-4-9/h6H,3H2,1-2H3. The molecule has 0 bridgehead atoms. The second-order valence-corrected chi connectivity index (χ2v) is 1.99. The lowest BCUT2D eigenvalue weighted by Crippen LogP contribution is -2.28. The lowest BCUT2D eigenvalue weighted by atomic mass is 10.2. The third-order valence-electron chi connectivity index (χ3n) is 1.08. The Labute approximate surface area is 69.4 Å². The summed E-state index contributed by atoms with van der Waals surface area (Å²) in [6.07, 6.45) is 1.14. The summed E-state index contributed by atoms with van der Waals surface area (Å²) in [5.74, 6) is -1.34. The van der Waals surface area contributed by atoms with Gasteiger partial charge in [0.05, 0.1) is 6.61 Å². The van der Waals surface area contributed by atoms with Crippen LogP contribution in [0, 0.1) is 0 Å². The Morgan fingerprint density at radius 3 is 2.50 bits per heavy atom. The molecule has 0 heterocycles. The van der Waals surface area contributed by atoms with Gasteiger partial charge in [-0.2, -0.15) is 4.99 Å². The number of nitrogens with zero attached hydrogens (tertiary/aromatic N) is 1. The number of rotatable bonds is 4. The van der Waals surface area contributed by atoms with Crippen molar-refractivity contribution in [3.63, 3.8) is 0 Å². The second kappa shape index (κ2) is 5.21. The molecule has 0 rings (SSSR count). The van der Waals surface area contributed by atoms with Gasteiger partial charge in [-0.15, -0.1) is 0 Å². The van der Waals surface area contributed by atoms with Gasteiger partial charge in [0.25, 0.3) is 0 Å². The van der Waals surface area contributed by atoms with Crippen LogP contribution in [0.1, 0.15) is 13.8 Å². The highest BCUT2D eigenvalue weighted by molar-refractivity contribution is 6.02. The lowest BCUT2D eigenvalue weighted by Gasteiger charge is -2.04. The largest absolute Gasteiger partial charge is 0.464 e. The van der Waals surface area contributed by atoms with Crippen molar-refractivity contribution in [3.05, 3.63) is 0 Å². The van der Waals surface area contributed by atoms with E-state index in [4.69, 9.17) is 0 Å². The van der Waals surface area contributed by atoms with E-state index in [2.05, 4.69) is 9.73 Å². The van der Waals surface area contributed by atoms with Crippen molar-refractivity contribution in [1.82, 2.24) is 0 Å². The molecule has 5 heteroatoms. The zero-order chi connectivity index (χ0) is 9.56. The Hall–Kier alpha value is -1.48. The fraction of sp³-hybridized carbons (Fsp3) is 0.571. The first-order chi connectivity index (χ1) is 5.63. The van der Waals surface area contributed by atoms with Crippen molar-refractivity contribution in [2.45, 2.75) is 19.9 Å². The molecule has 0 spiro atoms. The Morgan fingerprint density at radius 2 is 2.17 bits per heavy atom. The zero-order valence-corrected chi connectivity index (χ0v) is 6.86. The van der Waals surface area contributed by atoms with Crippen molar-refractivity contribution in [1.29, 1.82) is 0 Å². The zero-order valence-electron chi connectivity index (χ0n) is 6.86. The normalized spacial score (nSPS) is 11.2. The molecular weight excluding hydrogens is 162 g/mol. The van der Waals surface area contributed by atoms with E-state index < -0.39 is 17.8 Å². The first-order valence-corrected chi connectivity index (χ1v) is 3.37. The number of carbonyl (C=O) groups excluding carboxylic acids is 3. The summed E-state index contributed by atoms with van der Waals surface area (Å²) in [6, 6.07) is -1.34. The Morgan fingerprint density at radius 1 is 1.58 bits per heavy atom. The molecule has 0 radical (unpaired) electrons. The van der Waals surface area contributed by atoms with Gasteiger partial charge >= 0.3 is 5.97 Å². The average molecular weight is 171 g/mol. The van der Waals surface area contributed by atoms with E-state index in [1.54, 1.807) is 6.92 Å². The number of hydrogen-bond acceptors (Lipinski definition) is 5. The molecule has 0 fully saturated rings. The van der Waals surface area contributed by atoms with Crippen molar-refractivity contribution in [3.8, 4) is 0 Å². The highest BCUT2D eigenvalue weighted by Crippen LogP contribution is 1.95. The van der Waals surface area contributed by atoms with E-state index in [1.807, 2.05) is 0 Å². The molecule has 0 aromatic heterocycles. The molecule has 0 saturated heterocycles. The molecule has 1 atom stereocenters. The van der Waals surface area contributed by atoms with Gasteiger partial charge in [0.2, 0.25) is 12.1 Å². The lowest BCUT2D eigenvalue weighted by molar-refractivity contribution is -0.147. The summed E-state index contributed by atoms with van der Waals surface area (Å²) < 4.78 is 4.49. The summed E-state index contributed by atoms with van der Waals surface area (Å²) in [5, 5.41) is 0. The molecule has 0 amide bonds. The third kappa shape index (κ3) is 3.07. The topological polar surface area (TPSA) is 72.8 Å². The molecule has 0 aromatic carbocycles. The van der Waals surface area contributed by atoms with Crippen LogP contribution in [0.15, 0.2) is 4.99 Å². The Bertz CT molecular complexity index is 228. The number of isocyanates is 1. The molecule has 5 nitrogen and oxygen atoms in total. The first kappa shape index (κ1) is 10.5. The maximum atomic E-state index is 10.9. The Kier molecular flexibility index (Phi) is 4.57. The van der Waals surface area contributed by atoms with E-state index >= 15 is 0 Å². The van der Waals surface area contributed by atoms with E-state index in [9.17, 15) is 14.4 Å². The van der Waals surface area contributed by atoms with Gasteiger partial charge in [-0.25, -0.2) is 9.59 Å². The van der Waals surface area contributed by atoms with Crippen molar-refractivity contribution < 1.29 is 19.1 Å². The molecule has 0 saturated carbocycles. The molecule has 0 aliphatic carbocycles. The SMILES string of the molecule is CCOC(=O)C(N=C=O)C(C)=O. The van der Waals surface area contributed by atoms with Crippen LogP contribution in [0.3, 0.4) is 0 Å². The minimum absolute atomic E-state index is 0.150. The summed E-state index contributed by atoms with van der Waals surface area (Å²) in [4.78, 5) is 34.3. The third-order valence-corrected chi connectivity index (χ3v) is 1.08. The van der Waals surface area contributed by atoms with Gasteiger partial charge < -0.3 is 4.74 Å². The first-order valence-electron chi connectivity index (χ1n) is 3.37. The fourth-order valence-corrected chi connectivity index (χ4v) is 0.583. The molecular formula is C7H9NO4. The number of aliphatic imine (C=N–C) groups is 1. The number of hydrogen-bond donors (Lipinski definition) is 0. The highest BCUT2D eigenvalue weighted by Gasteiger charge is 2.23. The van der Waals surface area contributed by atoms with Gasteiger partial charge in [0.15, 0.2) is 5.78 Å². The molecule has 0 N–H and O–H groups in total. The van der Waals surface area contributed by atoms with Crippen molar-refractivity contribution >= 4 is 17.8 Å². The van der Waals surface area contributed by atoms with Crippen LogP contribution >= 0.6 is 0 Å². The fourth-order valence-electron chi connectivity index (χ4n) is 0.583. The summed E-state index contributed by atoms with van der Waals surface area (Å²) in [5.41, 5.74) is 0. The quantitative estimate of drug-likeness (QED) is 0.255. The number of Topliss-reactive ketones (excluding diaryl/α,β-unsaturated/α-hetero) is 1. The average Bonchev–Trinajstić information content (AvgIpc) is 1.99. The molecule has 0 aromatic rings. The molecule has 12 heavy (non-hydrogen) atoms. The maximum Gasteiger partial charge on any atom is 0.339 e. The predicted octanol–water partition coefficient (Wildman–Crippen LogP) is -0.157. The van der Waals surface area contributed by atoms with Crippen LogP contribution in [0.5, 0.6) is 0 Å². The van der Waals surface area contributed by atoms with Crippen LogP contribution in [-0.2, 0) is 19.1 Å². The van der Waals surface area contributed by atoms with Gasteiger partial charge in [-0.05, 0) is 13.8 Å². The minimum atomic E-state index is -1.34. The van der Waals surface area contributed by atoms with Crippen LogP contribution in [0.25, 0.3) is 0 Å². The number of carbonyl (C=O) groups is 2. The van der Waals surface area contributed by atoms with Crippen molar-refractivity contribution in [2.24, 2.45) is 4.99 Å². The van der Waals surface area contributed by atoms with Crippen LogP contribution in [-0.4, -0.2) is 30.5 Å². The van der Waals surface area contributed by atoms with E-state index in [0.717, 1.165) is 13.0 Å². The number of esters is 1. The highest BCUT2D eigenvalue weighted by atomic mass is 16.5. The Balaban J connectivity index is 4.40. The van der Waals surface area contributed by atoms with E-state index in [-0.39, 0.29) is 6.61 Å². The predicted molar refractivity (Wildman–Crippen MR) is 39.2 cm³/mol. The summed E-state index contributed by atoms with van der Waals surface area (Å²) >= 11 is 0. The van der Waals surface area contributed by atoms with Crippen LogP contribution in [0.2, 0.25) is 0 Å². The molecule has 0 aliphatic heterocycles. The van der Waals surface area contributed by atoms with Crippen LogP contribution in [0.4, 0.5) is 0 Å². The van der Waals surface area contributed by atoms with Gasteiger partial charge in [-0.3, -0.25) is 4.79 Å². The van der Waals surface area contributed by atoms with Gasteiger partial charge in [-0.1, -0.05) is 0 Å². The van der Waals surface area contributed by atoms with E-state index in [1.165, 1.54) is 0 Å². The van der Waals surface area contributed by atoms with Gasteiger partial charge in [0.1, 0.15) is 0 Å². The number of ether oxygens (including phenoxy) is 1. The van der Waals surface area contributed by atoms with Crippen molar-refractivity contribution in [2.75, 3.05) is 6.61 Å². The van der Waals surface area contributed by atoms with Crippen LogP contribution < -0.4 is 0 Å². The molecule has 1 unspecified atom stereocenters. The second-order valence-electron chi connectivity index (χ2n) is 1.99.